The number of nitrogens with one attached hydrogen (secondary N) is 1. The highest BCUT2D eigenvalue weighted by molar-refractivity contribution is 5.78. The third-order valence-corrected chi connectivity index (χ3v) is 2.60. The molecule has 0 aliphatic rings. The van der Waals surface area contributed by atoms with Gasteiger partial charge in [-0.05, 0) is 12.8 Å². The second-order valence-corrected chi connectivity index (χ2v) is 3.79. The maximum Gasteiger partial charge on any atom is 0.224 e. The fourth-order valence-electron chi connectivity index (χ4n) is 1.50. The van der Waals surface area contributed by atoms with Crippen molar-refractivity contribution in [1.29, 1.82) is 0 Å². The molecule has 0 aromatic carbocycles. The molecule has 0 aliphatic carbocycles. The van der Waals surface area contributed by atoms with Crippen LogP contribution in [0.5, 0.6) is 0 Å². The minimum absolute atomic E-state index is 0.0479. The fraction of sp³-hybridized carbons (Fsp3) is 0.636. The first-order valence-corrected chi connectivity index (χ1v) is 5.71. The topological polar surface area (TPSA) is 72.9 Å². The number of rotatable bonds is 7. The zero-order valence-electron chi connectivity index (χ0n) is 9.72. The van der Waals surface area contributed by atoms with Crippen LogP contribution in [0.25, 0.3) is 0 Å². The molecular weight excluding hydrogens is 204 g/mol. The second kappa shape index (κ2) is 7.00. The summed E-state index contributed by atoms with van der Waals surface area (Å²) in [5, 5.41) is 2.89. The molecular formula is C11H20N4O. The number of aryl methyl sites for hydroxylation is 1. The highest BCUT2D eigenvalue weighted by Gasteiger charge is 2.12. The number of imidazole rings is 1. The molecule has 1 amide bonds. The van der Waals surface area contributed by atoms with Gasteiger partial charge in [-0.2, -0.15) is 0 Å². The van der Waals surface area contributed by atoms with E-state index >= 15 is 0 Å². The Hall–Kier alpha value is -1.36. The highest BCUT2D eigenvalue weighted by Crippen LogP contribution is 1.99. The molecule has 0 fully saturated rings. The molecule has 1 aromatic rings. The van der Waals surface area contributed by atoms with E-state index in [1.54, 1.807) is 12.5 Å². The van der Waals surface area contributed by atoms with Gasteiger partial charge in [0.25, 0.3) is 0 Å². The predicted molar refractivity (Wildman–Crippen MR) is 62.7 cm³/mol. The van der Waals surface area contributed by atoms with Crippen LogP contribution in [0.15, 0.2) is 18.7 Å². The molecule has 5 heteroatoms. The number of amides is 1. The number of hydrogen-bond acceptors (Lipinski definition) is 3. The van der Waals surface area contributed by atoms with Crippen molar-refractivity contribution in [2.45, 2.75) is 26.3 Å². The highest BCUT2D eigenvalue weighted by atomic mass is 16.1. The molecule has 0 aliphatic heterocycles. The van der Waals surface area contributed by atoms with Crippen molar-refractivity contribution >= 4 is 5.91 Å². The molecule has 0 bridgehead atoms. The number of hydrogen-bond donors (Lipinski definition) is 2. The Kier molecular flexibility index (Phi) is 5.56. The molecule has 90 valence electrons. The van der Waals surface area contributed by atoms with Gasteiger partial charge < -0.3 is 15.6 Å². The number of carbonyl (C=O) groups excluding carboxylic acids is 1. The number of nitrogens with two attached hydrogens (primary N) is 1. The molecule has 1 rings (SSSR count). The van der Waals surface area contributed by atoms with E-state index in [4.69, 9.17) is 5.73 Å². The smallest absolute Gasteiger partial charge is 0.224 e. The Labute approximate surface area is 96.0 Å². The lowest BCUT2D eigenvalue weighted by atomic mass is 10.1. The van der Waals surface area contributed by atoms with E-state index < -0.39 is 0 Å². The van der Waals surface area contributed by atoms with Crippen LogP contribution in [0.2, 0.25) is 0 Å². The molecule has 0 saturated heterocycles. The molecule has 1 unspecified atom stereocenters. The zero-order valence-corrected chi connectivity index (χ0v) is 9.72. The van der Waals surface area contributed by atoms with Gasteiger partial charge in [0.2, 0.25) is 5.91 Å². The third-order valence-electron chi connectivity index (χ3n) is 2.60. The molecule has 1 aromatic heterocycles. The van der Waals surface area contributed by atoms with Gasteiger partial charge in [0.1, 0.15) is 0 Å². The molecule has 5 nitrogen and oxygen atoms in total. The van der Waals surface area contributed by atoms with Crippen LogP contribution in [-0.4, -0.2) is 28.5 Å². The van der Waals surface area contributed by atoms with E-state index in [-0.39, 0.29) is 11.8 Å². The lowest BCUT2D eigenvalue weighted by Crippen LogP contribution is -2.35. The summed E-state index contributed by atoms with van der Waals surface area (Å²) in [6.45, 7) is 3.96. The van der Waals surface area contributed by atoms with Crippen molar-refractivity contribution < 1.29 is 4.79 Å². The van der Waals surface area contributed by atoms with E-state index in [2.05, 4.69) is 10.3 Å². The van der Waals surface area contributed by atoms with Crippen LogP contribution < -0.4 is 11.1 Å². The summed E-state index contributed by atoms with van der Waals surface area (Å²) in [7, 11) is 0. The van der Waals surface area contributed by atoms with Gasteiger partial charge >= 0.3 is 0 Å². The van der Waals surface area contributed by atoms with Crippen LogP contribution in [-0.2, 0) is 11.3 Å². The van der Waals surface area contributed by atoms with E-state index in [1.165, 1.54) is 0 Å². The Balaban J connectivity index is 2.13. The first-order valence-electron chi connectivity index (χ1n) is 5.71. The van der Waals surface area contributed by atoms with Crippen molar-refractivity contribution in [1.82, 2.24) is 14.9 Å². The Morgan fingerprint density at radius 2 is 2.44 bits per heavy atom. The summed E-state index contributed by atoms with van der Waals surface area (Å²) in [6.07, 6.45) is 7.14. The Bertz CT molecular complexity index is 293. The molecule has 0 saturated carbocycles. The van der Waals surface area contributed by atoms with Crippen molar-refractivity contribution in [2.24, 2.45) is 11.7 Å². The summed E-state index contributed by atoms with van der Waals surface area (Å²) in [5.74, 6) is 0.0175. The second-order valence-electron chi connectivity index (χ2n) is 3.79. The van der Waals surface area contributed by atoms with Crippen molar-refractivity contribution in [3.63, 3.8) is 0 Å². The monoisotopic (exact) mass is 224 g/mol. The average Bonchev–Trinajstić information content (AvgIpc) is 2.79. The van der Waals surface area contributed by atoms with Crippen molar-refractivity contribution in [3.05, 3.63) is 18.7 Å². The Morgan fingerprint density at radius 1 is 1.62 bits per heavy atom. The summed E-state index contributed by atoms with van der Waals surface area (Å²) in [5.41, 5.74) is 5.49. The maximum atomic E-state index is 11.6. The van der Waals surface area contributed by atoms with Crippen LogP contribution in [0.3, 0.4) is 0 Å². The minimum atomic E-state index is -0.0479. The number of carbonyl (C=O) groups is 1. The van der Waals surface area contributed by atoms with Gasteiger partial charge in [-0.15, -0.1) is 0 Å². The predicted octanol–water partition coefficient (Wildman–Crippen LogP) is 0.374. The quantitative estimate of drug-likeness (QED) is 0.657. The summed E-state index contributed by atoms with van der Waals surface area (Å²) in [4.78, 5) is 15.5. The Morgan fingerprint density at radius 3 is 3.00 bits per heavy atom. The van der Waals surface area contributed by atoms with Gasteiger partial charge in [0.05, 0.1) is 6.33 Å². The summed E-state index contributed by atoms with van der Waals surface area (Å²) < 4.78 is 1.99. The minimum Gasteiger partial charge on any atom is -0.356 e. The van der Waals surface area contributed by atoms with Gasteiger partial charge in [0, 0.05) is 37.9 Å². The maximum absolute atomic E-state index is 11.6. The largest absolute Gasteiger partial charge is 0.356 e. The fourth-order valence-corrected chi connectivity index (χ4v) is 1.50. The lowest BCUT2D eigenvalue weighted by molar-refractivity contribution is -0.124. The van der Waals surface area contributed by atoms with E-state index in [1.807, 2.05) is 17.7 Å². The van der Waals surface area contributed by atoms with Crippen LogP contribution in [0.1, 0.15) is 19.8 Å². The van der Waals surface area contributed by atoms with E-state index in [0.717, 1.165) is 19.4 Å². The molecule has 1 heterocycles. The molecule has 0 radical (unpaired) electrons. The average molecular weight is 224 g/mol. The zero-order chi connectivity index (χ0) is 11.8. The normalized spacial score (nSPS) is 12.4. The third kappa shape index (κ3) is 4.02. The van der Waals surface area contributed by atoms with Crippen LogP contribution in [0, 0.1) is 5.92 Å². The molecule has 16 heavy (non-hydrogen) atoms. The van der Waals surface area contributed by atoms with Crippen molar-refractivity contribution in [2.75, 3.05) is 13.1 Å². The first-order chi connectivity index (χ1) is 7.77. The molecule has 1 atom stereocenters. The van der Waals surface area contributed by atoms with Gasteiger partial charge in [-0.3, -0.25) is 4.79 Å². The molecule has 0 spiro atoms. The van der Waals surface area contributed by atoms with Crippen molar-refractivity contribution in [3.8, 4) is 0 Å². The van der Waals surface area contributed by atoms with Gasteiger partial charge in [-0.1, -0.05) is 6.92 Å². The van der Waals surface area contributed by atoms with Crippen LogP contribution >= 0.6 is 0 Å². The van der Waals surface area contributed by atoms with Crippen LogP contribution in [0.4, 0.5) is 0 Å². The summed E-state index contributed by atoms with van der Waals surface area (Å²) in [6, 6.07) is 0. The van der Waals surface area contributed by atoms with E-state index in [9.17, 15) is 4.79 Å². The number of aromatic nitrogens is 2. The summed E-state index contributed by atoms with van der Waals surface area (Å²) >= 11 is 0. The molecule has 3 N–H and O–H groups in total. The SMILES string of the molecule is CCC(CN)C(=O)NCCCn1ccnc1. The standard InChI is InChI=1S/C11H20N4O/c1-2-10(8-12)11(16)14-4-3-6-15-7-5-13-9-15/h5,7,9-10H,2-4,6,8,12H2,1H3,(H,14,16). The first kappa shape index (κ1) is 12.7. The lowest BCUT2D eigenvalue weighted by Gasteiger charge is -2.12. The van der Waals surface area contributed by atoms with E-state index in [0.29, 0.717) is 13.1 Å². The van der Waals surface area contributed by atoms with Gasteiger partial charge in [-0.25, -0.2) is 4.98 Å². The number of nitrogens with zero attached hydrogens (tertiary/aromatic N) is 2. The van der Waals surface area contributed by atoms with Gasteiger partial charge in [0.15, 0.2) is 0 Å².